The number of halogens is 1. The third kappa shape index (κ3) is 7.57. The van der Waals surface area contributed by atoms with E-state index < -0.39 is 7.26 Å². The van der Waals surface area contributed by atoms with Crippen LogP contribution in [0.1, 0.15) is 70.4 Å². The maximum absolute atomic E-state index is 13.0. The topological polar surface area (TPSA) is 29.1 Å². The standard InChI is InChI=1S/C22H39ClNOP/c1-6-9-12-26(13-10-7-2,14-11-8-3)17-21(25)24-22-18(4)15-20(23)16-19(22)5/h15-16,26H,6-14,17H2,1-5H3,(H,24,25). The molecule has 2 nitrogen and oxygen atoms in total. The molecule has 1 N–H and O–H groups in total. The zero-order valence-corrected chi connectivity index (χ0v) is 19.3. The van der Waals surface area contributed by atoms with Crippen molar-refractivity contribution in [3.8, 4) is 0 Å². The van der Waals surface area contributed by atoms with E-state index in [4.69, 9.17) is 11.6 Å². The van der Waals surface area contributed by atoms with Crippen molar-refractivity contribution >= 4 is 30.5 Å². The van der Waals surface area contributed by atoms with Crippen LogP contribution in [0.4, 0.5) is 5.69 Å². The first-order chi connectivity index (χ1) is 12.4. The van der Waals surface area contributed by atoms with Gasteiger partial charge in [-0.05, 0) is 0 Å². The fraction of sp³-hybridized carbons (Fsp3) is 0.682. The maximum atomic E-state index is 13.0. The molecular formula is C22H39ClNOP. The number of amides is 1. The van der Waals surface area contributed by atoms with Crippen LogP contribution in [-0.4, -0.2) is 30.6 Å². The Kier molecular flexibility index (Phi) is 10.8. The molecule has 1 aromatic carbocycles. The molecule has 0 unspecified atom stereocenters. The number of nitrogens with one attached hydrogen (secondary N) is 1. The molecular weight excluding hydrogens is 361 g/mol. The molecule has 1 rings (SSSR count). The Morgan fingerprint density at radius 1 is 0.923 bits per heavy atom. The molecule has 0 fully saturated rings. The van der Waals surface area contributed by atoms with Crippen molar-refractivity contribution in [3.05, 3.63) is 28.3 Å². The average Bonchev–Trinajstić information content (AvgIpc) is 2.59. The van der Waals surface area contributed by atoms with Crippen LogP contribution in [0.3, 0.4) is 0 Å². The number of hydrogen-bond acceptors (Lipinski definition) is 1. The molecule has 0 radical (unpaired) electrons. The minimum absolute atomic E-state index is 0.216. The van der Waals surface area contributed by atoms with Crippen LogP contribution in [0.15, 0.2) is 12.1 Å². The third-order valence-electron chi connectivity index (χ3n) is 5.48. The zero-order chi connectivity index (χ0) is 19.6. The van der Waals surface area contributed by atoms with E-state index in [1.807, 2.05) is 26.0 Å². The summed E-state index contributed by atoms with van der Waals surface area (Å²) >= 11 is 6.13. The SMILES string of the molecule is CCCC[PH](CCCC)(CCCC)CC(=O)Nc1c(C)cc(Cl)cc1C. The molecule has 26 heavy (non-hydrogen) atoms. The van der Waals surface area contributed by atoms with E-state index in [1.54, 1.807) is 0 Å². The van der Waals surface area contributed by atoms with E-state index >= 15 is 0 Å². The second-order valence-electron chi connectivity index (χ2n) is 7.95. The van der Waals surface area contributed by atoms with Crippen molar-refractivity contribution in [2.75, 3.05) is 30.0 Å². The summed E-state index contributed by atoms with van der Waals surface area (Å²) in [6.45, 7) is 10.8. The molecule has 1 amide bonds. The molecule has 0 aliphatic rings. The Morgan fingerprint density at radius 3 is 1.73 bits per heavy atom. The number of benzene rings is 1. The van der Waals surface area contributed by atoms with Crippen LogP contribution in [-0.2, 0) is 4.79 Å². The van der Waals surface area contributed by atoms with E-state index in [9.17, 15) is 4.79 Å². The Balaban J connectivity index is 2.95. The quantitative estimate of drug-likeness (QED) is 0.375. The predicted octanol–water partition coefficient (Wildman–Crippen LogP) is 7.05. The van der Waals surface area contributed by atoms with Gasteiger partial charge in [0, 0.05) is 0 Å². The fourth-order valence-electron chi connectivity index (χ4n) is 3.93. The third-order valence-corrected chi connectivity index (χ3v) is 11.0. The molecule has 0 heterocycles. The fourth-order valence-corrected chi connectivity index (χ4v) is 9.62. The summed E-state index contributed by atoms with van der Waals surface area (Å²) in [6.07, 6.45) is 12.2. The number of carbonyl (C=O) groups is 1. The molecule has 0 aliphatic heterocycles. The number of aryl methyl sites for hydroxylation is 2. The van der Waals surface area contributed by atoms with Crippen LogP contribution in [0, 0.1) is 13.8 Å². The van der Waals surface area contributed by atoms with E-state index in [-0.39, 0.29) is 5.91 Å². The van der Waals surface area contributed by atoms with Gasteiger partial charge in [0.25, 0.3) is 0 Å². The molecule has 0 aromatic heterocycles. The van der Waals surface area contributed by atoms with Crippen LogP contribution < -0.4 is 5.32 Å². The van der Waals surface area contributed by atoms with Gasteiger partial charge < -0.3 is 0 Å². The van der Waals surface area contributed by atoms with Crippen molar-refractivity contribution in [1.29, 1.82) is 0 Å². The Hall–Kier alpha value is -0.590. The minimum atomic E-state index is -1.56. The molecule has 0 spiro atoms. The molecule has 150 valence electrons. The summed E-state index contributed by atoms with van der Waals surface area (Å²) < 4.78 is 0. The van der Waals surface area contributed by atoms with Crippen LogP contribution in [0.2, 0.25) is 5.02 Å². The van der Waals surface area contributed by atoms with Crippen LogP contribution >= 0.6 is 18.9 Å². The van der Waals surface area contributed by atoms with E-state index in [0.717, 1.165) is 28.0 Å². The second-order valence-corrected chi connectivity index (χ2v) is 13.2. The van der Waals surface area contributed by atoms with Crippen LogP contribution in [0.25, 0.3) is 0 Å². The first-order valence-electron chi connectivity index (χ1n) is 10.4. The van der Waals surface area contributed by atoms with Crippen molar-refractivity contribution in [1.82, 2.24) is 0 Å². The predicted molar refractivity (Wildman–Crippen MR) is 122 cm³/mol. The summed E-state index contributed by atoms with van der Waals surface area (Å²) in [4.78, 5) is 13.0. The van der Waals surface area contributed by atoms with E-state index in [1.165, 1.54) is 57.0 Å². The van der Waals surface area contributed by atoms with Crippen LogP contribution in [0.5, 0.6) is 0 Å². The monoisotopic (exact) mass is 399 g/mol. The van der Waals surface area contributed by atoms with Gasteiger partial charge in [0.2, 0.25) is 0 Å². The van der Waals surface area contributed by atoms with Gasteiger partial charge in [0.15, 0.2) is 0 Å². The number of hydrogen-bond donors (Lipinski definition) is 1. The second kappa shape index (κ2) is 12.0. The molecule has 0 aliphatic carbocycles. The molecule has 0 saturated carbocycles. The van der Waals surface area contributed by atoms with Gasteiger partial charge in [-0.3, -0.25) is 0 Å². The number of rotatable bonds is 12. The van der Waals surface area contributed by atoms with Gasteiger partial charge in [0.05, 0.1) is 0 Å². The van der Waals surface area contributed by atoms with Crippen molar-refractivity contribution in [3.63, 3.8) is 0 Å². The van der Waals surface area contributed by atoms with Crippen molar-refractivity contribution in [2.24, 2.45) is 0 Å². The van der Waals surface area contributed by atoms with Crippen molar-refractivity contribution < 1.29 is 4.79 Å². The summed E-state index contributed by atoms with van der Waals surface area (Å²) in [5, 5.41) is 3.96. The molecule has 0 atom stereocenters. The average molecular weight is 400 g/mol. The van der Waals surface area contributed by atoms with Gasteiger partial charge in [-0.1, -0.05) is 0 Å². The normalized spacial score (nSPS) is 12.2. The first kappa shape index (κ1) is 23.4. The van der Waals surface area contributed by atoms with E-state index in [2.05, 4.69) is 26.1 Å². The molecule has 0 bridgehead atoms. The Labute approximate surface area is 166 Å². The Bertz CT molecular complexity index is 528. The van der Waals surface area contributed by atoms with Gasteiger partial charge in [-0.25, -0.2) is 0 Å². The Morgan fingerprint density at radius 2 is 1.35 bits per heavy atom. The van der Waals surface area contributed by atoms with Gasteiger partial charge in [-0.2, -0.15) is 0 Å². The van der Waals surface area contributed by atoms with Crippen molar-refractivity contribution in [2.45, 2.75) is 73.1 Å². The summed E-state index contributed by atoms with van der Waals surface area (Å²) in [5.41, 5.74) is 3.04. The number of anilines is 1. The molecule has 4 heteroatoms. The summed E-state index contributed by atoms with van der Waals surface area (Å²) in [7, 11) is -1.56. The summed E-state index contributed by atoms with van der Waals surface area (Å²) in [5.74, 6) is 0.216. The summed E-state index contributed by atoms with van der Waals surface area (Å²) in [6, 6.07) is 3.86. The van der Waals surface area contributed by atoms with Gasteiger partial charge in [0.1, 0.15) is 0 Å². The molecule has 0 saturated heterocycles. The van der Waals surface area contributed by atoms with Gasteiger partial charge >= 0.3 is 167 Å². The number of carbonyl (C=O) groups excluding carboxylic acids is 1. The molecule has 1 aromatic rings. The number of unbranched alkanes of at least 4 members (excludes halogenated alkanes) is 3. The van der Waals surface area contributed by atoms with Gasteiger partial charge in [-0.15, -0.1) is 0 Å². The zero-order valence-electron chi connectivity index (χ0n) is 17.5. The first-order valence-corrected chi connectivity index (χ1v) is 13.6. The van der Waals surface area contributed by atoms with E-state index in [0.29, 0.717) is 0 Å².